The van der Waals surface area contributed by atoms with E-state index < -0.39 is 0 Å². The van der Waals surface area contributed by atoms with Crippen molar-refractivity contribution in [2.75, 3.05) is 12.4 Å². The van der Waals surface area contributed by atoms with Crippen molar-refractivity contribution < 1.29 is 9.53 Å². The van der Waals surface area contributed by atoms with Gasteiger partial charge in [-0.2, -0.15) is 0 Å². The van der Waals surface area contributed by atoms with Crippen LogP contribution in [0.4, 0.5) is 9.93 Å². The van der Waals surface area contributed by atoms with Gasteiger partial charge in [-0.3, -0.25) is 5.32 Å². The highest BCUT2D eigenvalue weighted by Crippen LogP contribution is 2.38. The second-order valence-corrected chi connectivity index (χ2v) is 7.58. The topological polar surface area (TPSA) is 54.5 Å². The number of benzene rings is 1. The molecule has 1 N–H and O–H groups in total. The number of ether oxygens (including phenoxy) is 1. The van der Waals surface area contributed by atoms with Crippen LogP contribution in [-0.4, -0.2) is 35.1 Å². The van der Waals surface area contributed by atoms with Crippen molar-refractivity contribution in [2.45, 2.75) is 38.0 Å². The maximum atomic E-state index is 12.8. The fourth-order valence-corrected chi connectivity index (χ4v) is 4.52. The van der Waals surface area contributed by atoms with Crippen LogP contribution in [0.3, 0.4) is 0 Å². The zero-order valence-electron chi connectivity index (χ0n) is 14.1. The van der Waals surface area contributed by atoms with Gasteiger partial charge in [0.2, 0.25) is 0 Å². The molecule has 5 nitrogen and oxygen atoms in total. The van der Waals surface area contributed by atoms with Crippen molar-refractivity contribution in [3.05, 3.63) is 53.0 Å². The standard InChI is InChI=1S/C19H21N3O2S/c1-24-12-17-11-20-18(25-17)21-19(23)22-15-7-8-16(22)10-14(9-15)13-5-3-2-4-6-13/h2-6,9,11,15-16H,7-8,10,12H2,1H3,(H,20,21,23). The molecule has 2 aliphatic rings. The van der Waals surface area contributed by atoms with E-state index in [2.05, 4.69) is 40.6 Å². The maximum absolute atomic E-state index is 12.8. The molecule has 1 fully saturated rings. The van der Waals surface area contributed by atoms with Gasteiger partial charge in [-0.25, -0.2) is 9.78 Å². The molecular formula is C19H21N3O2S. The van der Waals surface area contributed by atoms with Crippen LogP contribution in [0.2, 0.25) is 0 Å². The Labute approximate surface area is 151 Å². The summed E-state index contributed by atoms with van der Waals surface area (Å²) in [6, 6.07) is 10.9. The van der Waals surface area contributed by atoms with Gasteiger partial charge < -0.3 is 9.64 Å². The van der Waals surface area contributed by atoms with Crippen LogP contribution >= 0.6 is 11.3 Å². The molecule has 1 saturated heterocycles. The second-order valence-electron chi connectivity index (χ2n) is 6.46. The Kier molecular flexibility index (Phi) is 4.55. The van der Waals surface area contributed by atoms with E-state index in [1.54, 1.807) is 13.3 Å². The molecule has 6 heteroatoms. The molecule has 1 aromatic heterocycles. The number of aromatic nitrogens is 1. The average Bonchev–Trinajstić information content (AvgIpc) is 3.17. The van der Waals surface area contributed by atoms with E-state index >= 15 is 0 Å². The fourth-order valence-electron chi connectivity index (χ4n) is 3.74. The zero-order valence-corrected chi connectivity index (χ0v) is 15.0. The summed E-state index contributed by atoms with van der Waals surface area (Å²) in [6.07, 6.45) is 7.01. The minimum Gasteiger partial charge on any atom is -0.379 e. The van der Waals surface area contributed by atoms with Gasteiger partial charge in [0.25, 0.3) is 0 Å². The van der Waals surface area contributed by atoms with Gasteiger partial charge in [0.15, 0.2) is 5.13 Å². The number of urea groups is 1. The molecule has 2 unspecified atom stereocenters. The Hall–Kier alpha value is -2.18. The summed E-state index contributed by atoms with van der Waals surface area (Å²) >= 11 is 1.46. The van der Waals surface area contributed by atoms with Crippen LogP contribution in [0.5, 0.6) is 0 Å². The van der Waals surface area contributed by atoms with Crippen LogP contribution < -0.4 is 5.32 Å². The van der Waals surface area contributed by atoms with E-state index in [-0.39, 0.29) is 18.1 Å². The lowest BCUT2D eigenvalue weighted by atomic mass is 9.95. The minimum atomic E-state index is -0.0471. The zero-order chi connectivity index (χ0) is 17.2. The molecule has 130 valence electrons. The first-order chi connectivity index (χ1) is 12.2. The maximum Gasteiger partial charge on any atom is 0.324 e. The monoisotopic (exact) mass is 355 g/mol. The number of amides is 2. The SMILES string of the molecule is COCc1cnc(NC(=O)N2C3C=C(c4ccccc4)CC2CC3)s1. The van der Waals surface area contributed by atoms with Crippen LogP contribution in [-0.2, 0) is 11.3 Å². The largest absolute Gasteiger partial charge is 0.379 e. The number of nitrogens with one attached hydrogen (secondary N) is 1. The minimum absolute atomic E-state index is 0.0471. The lowest BCUT2D eigenvalue weighted by molar-refractivity contribution is 0.187. The quantitative estimate of drug-likeness (QED) is 0.897. The molecule has 25 heavy (non-hydrogen) atoms. The number of carbonyl (C=O) groups excluding carboxylic acids is 1. The molecule has 0 aliphatic carbocycles. The number of anilines is 1. The molecule has 4 rings (SSSR count). The van der Waals surface area contributed by atoms with Crippen LogP contribution in [0.15, 0.2) is 42.6 Å². The molecule has 0 spiro atoms. The van der Waals surface area contributed by atoms with E-state index in [4.69, 9.17) is 4.74 Å². The van der Waals surface area contributed by atoms with Gasteiger partial charge in [0.1, 0.15) is 0 Å². The van der Waals surface area contributed by atoms with Crippen molar-refractivity contribution >= 4 is 28.1 Å². The third-order valence-electron chi connectivity index (χ3n) is 4.83. The third kappa shape index (κ3) is 3.32. The lowest BCUT2D eigenvalue weighted by Gasteiger charge is -2.33. The van der Waals surface area contributed by atoms with Gasteiger partial charge in [0.05, 0.1) is 17.5 Å². The summed E-state index contributed by atoms with van der Waals surface area (Å²) in [5, 5.41) is 3.59. The molecule has 2 bridgehead atoms. The number of carbonyl (C=O) groups is 1. The fraction of sp³-hybridized carbons (Fsp3) is 0.368. The molecule has 0 radical (unpaired) electrons. The Morgan fingerprint density at radius 2 is 2.20 bits per heavy atom. The van der Waals surface area contributed by atoms with Crippen molar-refractivity contribution in [1.29, 1.82) is 0 Å². The second kappa shape index (κ2) is 6.98. The smallest absolute Gasteiger partial charge is 0.324 e. The number of thiazole rings is 1. The molecule has 1 aromatic carbocycles. The highest BCUT2D eigenvalue weighted by molar-refractivity contribution is 7.15. The van der Waals surface area contributed by atoms with E-state index in [1.807, 2.05) is 11.0 Å². The Bertz CT molecular complexity index is 787. The molecular weight excluding hydrogens is 334 g/mol. The predicted octanol–water partition coefficient (Wildman–Crippen LogP) is 4.14. The van der Waals surface area contributed by atoms with Gasteiger partial charge >= 0.3 is 6.03 Å². The number of fused-ring (bicyclic) bond motifs is 2. The van der Waals surface area contributed by atoms with E-state index in [0.29, 0.717) is 11.7 Å². The van der Waals surface area contributed by atoms with Crippen LogP contribution in [0.25, 0.3) is 5.57 Å². The predicted molar refractivity (Wildman–Crippen MR) is 99.5 cm³/mol. The van der Waals surface area contributed by atoms with Crippen molar-refractivity contribution in [1.82, 2.24) is 9.88 Å². The summed E-state index contributed by atoms with van der Waals surface area (Å²) in [6.45, 7) is 0.520. The number of hydrogen-bond donors (Lipinski definition) is 1. The van der Waals surface area contributed by atoms with E-state index in [0.717, 1.165) is 24.1 Å². The van der Waals surface area contributed by atoms with Gasteiger partial charge in [0, 0.05) is 19.3 Å². The average molecular weight is 355 g/mol. The molecule has 2 atom stereocenters. The molecule has 3 heterocycles. The van der Waals surface area contributed by atoms with Gasteiger partial charge in [-0.15, -0.1) is 0 Å². The highest BCUT2D eigenvalue weighted by atomic mass is 32.1. The van der Waals surface area contributed by atoms with Crippen LogP contribution in [0.1, 0.15) is 29.7 Å². The molecule has 2 aromatic rings. The molecule has 2 amide bonds. The van der Waals surface area contributed by atoms with E-state index in [9.17, 15) is 4.79 Å². The lowest BCUT2D eigenvalue weighted by Crippen LogP contribution is -2.45. The summed E-state index contributed by atoms with van der Waals surface area (Å²) in [7, 11) is 1.65. The van der Waals surface area contributed by atoms with Crippen LogP contribution in [0, 0.1) is 0 Å². The Morgan fingerprint density at radius 1 is 1.36 bits per heavy atom. The first-order valence-electron chi connectivity index (χ1n) is 8.53. The first kappa shape index (κ1) is 16.3. The normalized spacial score (nSPS) is 22.0. The summed E-state index contributed by atoms with van der Waals surface area (Å²) < 4.78 is 5.10. The first-order valence-corrected chi connectivity index (χ1v) is 9.35. The number of methoxy groups -OCH3 is 1. The molecule has 0 saturated carbocycles. The van der Waals surface area contributed by atoms with Crippen molar-refractivity contribution in [2.24, 2.45) is 0 Å². The summed E-state index contributed by atoms with van der Waals surface area (Å²) in [5.41, 5.74) is 2.62. The summed E-state index contributed by atoms with van der Waals surface area (Å²) in [4.78, 5) is 20.0. The Morgan fingerprint density at radius 3 is 2.96 bits per heavy atom. The van der Waals surface area contributed by atoms with Gasteiger partial charge in [-0.05, 0) is 30.4 Å². The molecule has 2 aliphatic heterocycles. The Balaban J connectivity index is 1.48. The number of rotatable bonds is 4. The van der Waals surface area contributed by atoms with Crippen molar-refractivity contribution in [3.63, 3.8) is 0 Å². The summed E-state index contributed by atoms with van der Waals surface area (Å²) in [5.74, 6) is 0. The van der Waals surface area contributed by atoms with Gasteiger partial charge in [-0.1, -0.05) is 47.7 Å². The number of hydrogen-bond acceptors (Lipinski definition) is 4. The third-order valence-corrected chi connectivity index (χ3v) is 5.71. The number of nitrogens with zero attached hydrogens (tertiary/aromatic N) is 2. The van der Waals surface area contributed by atoms with Crippen molar-refractivity contribution in [3.8, 4) is 0 Å². The van der Waals surface area contributed by atoms with E-state index in [1.165, 1.54) is 22.5 Å². The highest BCUT2D eigenvalue weighted by Gasteiger charge is 2.39.